The lowest BCUT2D eigenvalue weighted by Gasteiger charge is -2.23. The molecule has 0 radical (unpaired) electrons. The molecular formula is C48H47N3. The number of nitrogens with zero attached hydrogens (tertiary/aromatic N) is 3. The Morgan fingerprint density at radius 1 is 0.549 bits per heavy atom. The zero-order valence-electron chi connectivity index (χ0n) is 32.0. The fraction of sp³-hybridized carbons (Fsp3) is 0.229. The molecule has 7 aromatic rings. The number of aromatic nitrogens is 2. The highest BCUT2D eigenvalue weighted by Crippen LogP contribution is 2.49. The molecule has 7 rings (SSSR count). The fourth-order valence-electron chi connectivity index (χ4n) is 8.61. The minimum atomic E-state index is 0.756. The van der Waals surface area contributed by atoms with Crippen LogP contribution in [0.15, 0.2) is 90.0 Å². The topological polar surface area (TPSA) is 38.1 Å². The Morgan fingerprint density at radius 2 is 0.980 bits per heavy atom. The Labute approximate surface area is 302 Å². The summed E-state index contributed by atoms with van der Waals surface area (Å²) >= 11 is 0. The van der Waals surface area contributed by atoms with Crippen LogP contribution in [-0.4, -0.2) is 15.7 Å². The second kappa shape index (κ2) is 12.7. The lowest BCUT2D eigenvalue weighted by molar-refractivity contribution is 1.07. The van der Waals surface area contributed by atoms with Crippen molar-refractivity contribution in [3.63, 3.8) is 0 Å². The van der Waals surface area contributed by atoms with Crippen molar-refractivity contribution in [1.29, 1.82) is 0 Å². The van der Waals surface area contributed by atoms with Crippen molar-refractivity contribution in [3.8, 4) is 33.6 Å². The molecule has 0 bridgehead atoms. The molecule has 0 saturated carbocycles. The summed E-state index contributed by atoms with van der Waals surface area (Å²) in [6.07, 6.45) is 2.12. The monoisotopic (exact) mass is 665 g/mol. The van der Waals surface area contributed by atoms with Crippen LogP contribution >= 0.6 is 0 Å². The Balaban J connectivity index is 1.72. The zero-order valence-corrected chi connectivity index (χ0v) is 32.0. The summed E-state index contributed by atoms with van der Waals surface area (Å²) in [5.74, 6) is 0.756. The summed E-state index contributed by atoms with van der Waals surface area (Å²) in [6, 6.07) is 25.1. The van der Waals surface area contributed by atoms with Gasteiger partial charge >= 0.3 is 0 Å². The van der Waals surface area contributed by atoms with Gasteiger partial charge in [-0.05, 0) is 177 Å². The third kappa shape index (κ3) is 5.95. The van der Waals surface area contributed by atoms with Crippen molar-refractivity contribution < 1.29 is 0 Å². The van der Waals surface area contributed by atoms with E-state index in [1.807, 2.05) is 6.07 Å². The number of benzene rings is 6. The Bertz CT molecular complexity index is 2580. The van der Waals surface area contributed by atoms with Gasteiger partial charge in [-0.3, -0.25) is 4.99 Å². The largest absolute Gasteiger partial charge is 0.254 e. The van der Waals surface area contributed by atoms with Gasteiger partial charge in [-0.2, -0.15) is 0 Å². The van der Waals surface area contributed by atoms with Gasteiger partial charge in [-0.15, -0.1) is 0 Å². The summed E-state index contributed by atoms with van der Waals surface area (Å²) in [6.45, 7) is 28.2. The van der Waals surface area contributed by atoms with Gasteiger partial charge in [-0.1, -0.05) is 71.8 Å². The van der Waals surface area contributed by atoms with Gasteiger partial charge < -0.3 is 0 Å². The average Bonchev–Trinajstić information content (AvgIpc) is 3.02. The quantitative estimate of drug-likeness (QED) is 0.131. The number of aliphatic imine (C=N–C) groups is 1. The Kier molecular flexibility index (Phi) is 8.50. The van der Waals surface area contributed by atoms with Crippen LogP contribution in [0.2, 0.25) is 0 Å². The van der Waals surface area contributed by atoms with E-state index in [1.165, 1.54) is 82.8 Å². The van der Waals surface area contributed by atoms with E-state index in [2.05, 4.69) is 149 Å². The molecule has 0 fully saturated rings. The first-order chi connectivity index (χ1) is 24.2. The lowest BCUT2D eigenvalue weighted by Crippen LogP contribution is -2.00. The van der Waals surface area contributed by atoms with Crippen LogP contribution in [-0.2, 0) is 0 Å². The smallest absolute Gasteiger partial charge is 0.160 e. The molecule has 0 atom stereocenters. The van der Waals surface area contributed by atoms with Crippen LogP contribution < -0.4 is 0 Å². The van der Waals surface area contributed by atoms with Gasteiger partial charge in [0.1, 0.15) is 0 Å². The van der Waals surface area contributed by atoms with E-state index in [-0.39, 0.29) is 0 Å². The molecular weight excluding hydrogens is 619 g/mol. The van der Waals surface area contributed by atoms with Gasteiger partial charge in [0.2, 0.25) is 0 Å². The van der Waals surface area contributed by atoms with E-state index >= 15 is 0 Å². The van der Waals surface area contributed by atoms with Gasteiger partial charge in [0.25, 0.3) is 0 Å². The van der Waals surface area contributed by atoms with Crippen LogP contribution in [0.3, 0.4) is 0 Å². The maximum atomic E-state index is 5.07. The molecule has 0 aliphatic heterocycles. The van der Waals surface area contributed by atoms with E-state index in [4.69, 9.17) is 15.0 Å². The molecule has 1 aromatic heterocycles. The number of hydrogen-bond donors (Lipinski definition) is 0. The molecule has 3 heteroatoms. The minimum absolute atomic E-state index is 0.756. The first-order valence-electron chi connectivity index (χ1n) is 17.9. The van der Waals surface area contributed by atoms with Gasteiger partial charge in [0.15, 0.2) is 5.82 Å². The van der Waals surface area contributed by atoms with Crippen molar-refractivity contribution in [1.82, 2.24) is 9.97 Å². The second-order valence-electron chi connectivity index (χ2n) is 15.0. The summed E-state index contributed by atoms with van der Waals surface area (Å²) in [4.78, 5) is 15.1. The maximum Gasteiger partial charge on any atom is 0.160 e. The first kappa shape index (κ1) is 34.1. The van der Waals surface area contributed by atoms with E-state index < -0.39 is 0 Å². The van der Waals surface area contributed by atoms with E-state index in [0.29, 0.717) is 0 Å². The SMILES string of the molecule is C=C(N=C(C)C=C(C)C)c1cc(-c2c(C)cc(C)cc2C)c2ccc3c(-c4nc(C)cc(C)n4)cc(-c4c(C)cc(C)cc4C)c4ccc1c2c34. The molecule has 0 aliphatic rings. The number of hydrogen-bond acceptors (Lipinski definition) is 3. The van der Waals surface area contributed by atoms with Crippen LogP contribution in [0, 0.1) is 55.4 Å². The second-order valence-corrected chi connectivity index (χ2v) is 15.0. The number of aryl methyl sites for hydroxylation is 8. The van der Waals surface area contributed by atoms with Crippen LogP contribution in [0.4, 0.5) is 0 Å². The zero-order chi connectivity index (χ0) is 36.5. The predicted molar refractivity (Wildman–Crippen MR) is 222 cm³/mol. The average molecular weight is 666 g/mol. The highest BCUT2D eigenvalue weighted by atomic mass is 14.9. The molecule has 0 aliphatic carbocycles. The van der Waals surface area contributed by atoms with Crippen LogP contribution in [0.25, 0.3) is 71.7 Å². The number of allylic oxidation sites excluding steroid dienone is 2. The highest BCUT2D eigenvalue weighted by Gasteiger charge is 2.24. The molecule has 0 amide bonds. The third-order valence-electron chi connectivity index (χ3n) is 10.1. The van der Waals surface area contributed by atoms with Crippen molar-refractivity contribution in [2.24, 2.45) is 4.99 Å². The summed E-state index contributed by atoms with van der Waals surface area (Å²) in [7, 11) is 0. The van der Waals surface area contributed by atoms with Gasteiger partial charge in [0, 0.05) is 28.2 Å². The van der Waals surface area contributed by atoms with Crippen LogP contribution in [0.1, 0.15) is 71.1 Å². The van der Waals surface area contributed by atoms with Crippen molar-refractivity contribution in [3.05, 3.63) is 135 Å². The standard InChI is InChI=1S/C48H47N3/c1-25(2)17-32(9)49-35(12)40-23-41(44-28(5)18-26(3)19-29(44)6)37-15-16-39-43(48-50-33(10)22-34(11)51-48)24-42(38-14-13-36(40)46(37)47(38)39)45-30(7)20-27(4)21-31(45)8/h13-24H,12H2,1-11H3. The molecule has 6 aromatic carbocycles. The van der Waals surface area contributed by atoms with Crippen molar-refractivity contribution in [2.75, 3.05) is 0 Å². The molecule has 0 saturated heterocycles. The van der Waals surface area contributed by atoms with Crippen LogP contribution in [0.5, 0.6) is 0 Å². The van der Waals surface area contributed by atoms with Crippen molar-refractivity contribution >= 4 is 43.7 Å². The molecule has 51 heavy (non-hydrogen) atoms. The molecule has 0 spiro atoms. The fourth-order valence-corrected chi connectivity index (χ4v) is 8.61. The van der Waals surface area contributed by atoms with Crippen molar-refractivity contribution in [2.45, 2.75) is 76.2 Å². The summed E-state index contributed by atoms with van der Waals surface area (Å²) < 4.78 is 0. The molecule has 0 unspecified atom stereocenters. The Hall–Kier alpha value is -5.41. The maximum absolute atomic E-state index is 5.07. The summed E-state index contributed by atoms with van der Waals surface area (Å²) in [5.41, 5.74) is 19.5. The lowest BCUT2D eigenvalue weighted by atomic mass is 9.81. The molecule has 0 N–H and O–H groups in total. The Morgan fingerprint density at radius 3 is 1.47 bits per heavy atom. The van der Waals surface area contributed by atoms with E-state index in [1.54, 1.807) is 0 Å². The summed E-state index contributed by atoms with van der Waals surface area (Å²) in [5, 5.41) is 7.19. The highest BCUT2D eigenvalue weighted by molar-refractivity contribution is 6.31. The first-order valence-corrected chi connectivity index (χ1v) is 17.9. The normalized spacial score (nSPS) is 12.0. The number of rotatable bonds is 6. The third-order valence-corrected chi connectivity index (χ3v) is 10.1. The van der Waals surface area contributed by atoms with Gasteiger partial charge in [-0.25, -0.2) is 9.97 Å². The van der Waals surface area contributed by atoms with E-state index in [0.717, 1.165) is 50.5 Å². The van der Waals surface area contributed by atoms with E-state index in [9.17, 15) is 0 Å². The molecule has 1 heterocycles. The van der Waals surface area contributed by atoms with Gasteiger partial charge in [0.05, 0.1) is 5.70 Å². The molecule has 254 valence electrons. The minimum Gasteiger partial charge on any atom is -0.254 e. The predicted octanol–water partition coefficient (Wildman–Crippen LogP) is 13.2. The molecule has 3 nitrogen and oxygen atoms in total.